The van der Waals surface area contributed by atoms with Crippen molar-refractivity contribution in [3.05, 3.63) is 69.6 Å². The molecule has 14 heteroatoms. The quantitative estimate of drug-likeness (QED) is 0.0379. The van der Waals surface area contributed by atoms with Gasteiger partial charge in [0.25, 0.3) is 0 Å². The van der Waals surface area contributed by atoms with Crippen LogP contribution in [0, 0.1) is 96.5 Å². The molecule has 2 aliphatic heterocycles. The SMILES string of the molecule is Cc1cc2c(s1)-c1sc(-c3c(F)c(F)c(-c4cc5c(s4)-c4sc(-c6ccc(C)c7nsnc67)cc4OC5(CCC(C)CCCC(C)CCCC(C)C)CCC(C)CCCC(C)CCCC(C)C)c4nsnc34)cc1C(CCC(C)CCCC(C)CCCC(C)C)(CCC(C)CCCC(C)CCCC(C)C)O2. The number of benzene rings is 2. The molecular weight excluding hydrogens is 1420 g/mol. The van der Waals surface area contributed by atoms with Crippen LogP contribution in [-0.2, 0) is 11.2 Å². The normalized spacial score (nSPS) is 18.2. The first-order valence-electron chi connectivity index (χ1n) is 42.5. The first-order valence-corrected chi connectivity index (χ1v) is 47.2. The molecule has 2 aliphatic rings. The Bertz CT molecular complexity index is 3940. The van der Waals surface area contributed by atoms with Gasteiger partial charge in [-0.25, -0.2) is 8.78 Å². The van der Waals surface area contributed by atoms with Crippen LogP contribution in [0.25, 0.3) is 72.9 Å². The monoisotopic (exact) mass is 1560 g/mol. The van der Waals surface area contributed by atoms with E-state index in [1.807, 2.05) is 0 Å². The van der Waals surface area contributed by atoms with Gasteiger partial charge >= 0.3 is 0 Å². The topological polar surface area (TPSA) is 70.0 Å². The van der Waals surface area contributed by atoms with Crippen molar-refractivity contribution in [3.63, 3.8) is 0 Å². The Labute approximate surface area is 665 Å². The number of halogens is 2. The summed E-state index contributed by atoms with van der Waals surface area (Å²) in [6, 6.07) is 13.3. The van der Waals surface area contributed by atoms with E-state index in [4.69, 9.17) is 27.0 Å². The summed E-state index contributed by atoms with van der Waals surface area (Å²) in [6.45, 7) is 42.6. The van der Waals surface area contributed by atoms with Crippen LogP contribution in [-0.4, -0.2) is 17.5 Å². The largest absolute Gasteiger partial charge is 0.481 e. The Balaban J connectivity index is 1.02. The lowest BCUT2D eigenvalue weighted by molar-refractivity contribution is 0.0322. The minimum Gasteiger partial charge on any atom is -0.481 e. The highest BCUT2D eigenvalue weighted by Crippen LogP contribution is 2.62. The maximum atomic E-state index is 18.6. The number of hydrogen-bond acceptors (Lipinski definition) is 12. The average Bonchev–Trinajstić information content (AvgIpc) is 1.56. The van der Waals surface area contributed by atoms with E-state index in [-0.39, 0.29) is 11.1 Å². The minimum absolute atomic E-state index is 0.199. The first kappa shape index (κ1) is 84.8. The predicted octanol–water partition coefficient (Wildman–Crippen LogP) is 32.5. The van der Waals surface area contributed by atoms with Gasteiger partial charge in [0.15, 0.2) is 11.6 Å². The van der Waals surface area contributed by atoms with Crippen molar-refractivity contribution in [2.24, 2.45) is 71.0 Å². The number of aromatic nitrogens is 4. The van der Waals surface area contributed by atoms with Crippen molar-refractivity contribution in [1.29, 1.82) is 0 Å². The van der Waals surface area contributed by atoms with Gasteiger partial charge in [-0.15, -0.1) is 45.3 Å². The summed E-state index contributed by atoms with van der Waals surface area (Å²) in [5.74, 6) is 8.04. The summed E-state index contributed by atoms with van der Waals surface area (Å²) in [5, 5.41) is 0. The van der Waals surface area contributed by atoms with Crippen LogP contribution in [0.1, 0.15) is 338 Å². The molecule has 0 amide bonds. The second-order valence-electron chi connectivity index (χ2n) is 36.5. The molecule has 0 bridgehead atoms. The third-order valence-corrected chi connectivity index (χ3v) is 30.5. The maximum Gasteiger partial charge on any atom is 0.170 e. The number of thiophene rings is 4. The second-order valence-corrected chi connectivity index (χ2v) is 42.0. The van der Waals surface area contributed by atoms with Gasteiger partial charge in [-0.2, -0.15) is 17.5 Å². The van der Waals surface area contributed by atoms with E-state index >= 15 is 8.78 Å². The highest BCUT2D eigenvalue weighted by molar-refractivity contribution is 7.26. The smallest absolute Gasteiger partial charge is 0.170 e. The van der Waals surface area contributed by atoms with Gasteiger partial charge in [0, 0.05) is 36.2 Å². The van der Waals surface area contributed by atoms with Crippen LogP contribution in [0.15, 0.2) is 36.4 Å². The van der Waals surface area contributed by atoms with E-state index in [0.29, 0.717) is 44.5 Å². The summed E-state index contributed by atoms with van der Waals surface area (Å²) in [6.07, 6.45) is 37.9. The number of ether oxygens (including phenoxy) is 2. The zero-order valence-electron chi connectivity index (χ0n) is 68.8. The lowest BCUT2D eigenvalue weighted by atomic mass is 9.78. The Morgan fingerprint density at radius 3 is 0.991 bits per heavy atom. The van der Waals surface area contributed by atoms with E-state index in [1.165, 1.54) is 171 Å². The van der Waals surface area contributed by atoms with Gasteiger partial charge in [0.2, 0.25) is 0 Å². The van der Waals surface area contributed by atoms with Gasteiger partial charge in [-0.3, -0.25) is 0 Å². The van der Waals surface area contributed by atoms with Crippen molar-refractivity contribution >= 4 is 90.9 Å². The van der Waals surface area contributed by atoms with Crippen LogP contribution < -0.4 is 9.47 Å². The highest BCUT2D eigenvalue weighted by atomic mass is 32.1. The number of fused-ring (bicyclic) bond motifs is 8. The van der Waals surface area contributed by atoms with Gasteiger partial charge in [0.1, 0.15) is 44.8 Å². The number of aryl methyl sites for hydroxylation is 2. The van der Waals surface area contributed by atoms with E-state index in [2.05, 4.69) is 161 Å². The van der Waals surface area contributed by atoms with Gasteiger partial charge < -0.3 is 9.47 Å². The standard InChI is InChI=1S/C92H136F2N4O2S6/c1-57(2)27-19-31-61(9)35-23-39-65(13)45-49-91(50-46-66(14)40-24-36-62(10)32-20-28-58(3)4)72-54-77(103-87(72)89-74(99-91)53-70(18)101-89)79-81(93)82(94)80(86-85(79)97-106-98-86)78-55-73-88(104-78)90-75(56-76(102-90)71-44-43-69(17)83-84(71)96-105-95-83)100-92(73,51-47-67(15)41-25-37-63(11)33-21-29-59(5)6)52-48-68(16)42-26-38-64(12)34-22-30-60(7)8/h43-44,53-68H,19-42,45-52H2,1-18H3. The third kappa shape index (κ3) is 22.2. The molecule has 6 nitrogen and oxygen atoms in total. The Hall–Kier alpha value is -3.66. The molecule has 0 spiro atoms. The van der Waals surface area contributed by atoms with Crippen LogP contribution in [0.3, 0.4) is 0 Å². The molecular formula is C92H136F2N4O2S6. The molecule has 10 rings (SSSR count). The van der Waals surface area contributed by atoms with Gasteiger partial charge in [-0.05, 0) is 166 Å². The minimum atomic E-state index is -0.864. The average molecular weight is 1560 g/mol. The van der Waals surface area contributed by atoms with Crippen molar-refractivity contribution in [2.75, 3.05) is 0 Å². The molecule has 2 aromatic carbocycles. The number of rotatable bonds is 47. The molecule has 0 N–H and O–H groups in total. The van der Waals surface area contributed by atoms with Crippen molar-refractivity contribution in [2.45, 2.75) is 341 Å². The van der Waals surface area contributed by atoms with Crippen LogP contribution in [0.2, 0.25) is 0 Å². The van der Waals surface area contributed by atoms with Crippen LogP contribution in [0.5, 0.6) is 11.5 Å². The molecule has 0 radical (unpaired) electrons. The number of hydrogen-bond donors (Lipinski definition) is 0. The fraction of sp³-hybridized carbons (Fsp3) is 0.696. The molecule has 0 saturated heterocycles. The zero-order valence-corrected chi connectivity index (χ0v) is 73.7. The highest BCUT2D eigenvalue weighted by Gasteiger charge is 2.47. The summed E-state index contributed by atoms with van der Waals surface area (Å²) in [5.41, 5.74) is 6.12. The van der Waals surface area contributed by atoms with Crippen molar-refractivity contribution < 1.29 is 18.3 Å². The van der Waals surface area contributed by atoms with E-state index in [0.717, 1.165) is 180 Å². The molecule has 6 aromatic heterocycles. The molecule has 586 valence electrons. The Kier molecular flexibility index (Phi) is 31.7. The van der Waals surface area contributed by atoms with Crippen molar-refractivity contribution in [1.82, 2.24) is 17.5 Å². The van der Waals surface area contributed by atoms with E-state index in [1.54, 1.807) is 45.3 Å². The molecule has 8 unspecified atom stereocenters. The van der Waals surface area contributed by atoms with Gasteiger partial charge in [0.05, 0.1) is 54.1 Å². The second kappa shape index (κ2) is 39.7. The third-order valence-electron chi connectivity index (χ3n) is 24.6. The molecule has 8 atom stereocenters. The van der Waals surface area contributed by atoms with Crippen molar-refractivity contribution in [3.8, 4) is 62.3 Å². The zero-order chi connectivity index (χ0) is 76.0. The molecule has 8 aromatic rings. The van der Waals surface area contributed by atoms with Gasteiger partial charge in [-0.1, -0.05) is 277 Å². The molecule has 0 saturated carbocycles. The fourth-order valence-electron chi connectivity index (χ4n) is 17.4. The maximum absolute atomic E-state index is 18.6. The Morgan fingerprint density at radius 2 is 0.632 bits per heavy atom. The van der Waals surface area contributed by atoms with E-state index < -0.39 is 22.8 Å². The summed E-state index contributed by atoms with van der Waals surface area (Å²) >= 11 is 8.98. The predicted molar refractivity (Wildman–Crippen MR) is 461 cm³/mol. The molecule has 8 heterocycles. The summed E-state index contributed by atoms with van der Waals surface area (Å²) in [7, 11) is 0. The molecule has 106 heavy (non-hydrogen) atoms. The lowest BCUT2D eigenvalue weighted by Crippen LogP contribution is -2.36. The van der Waals surface area contributed by atoms with Crippen LogP contribution in [0.4, 0.5) is 8.78 Å². The van der Waals surface area contributed by atoms with E-state index in [9.17, 15) is 0 Å². The summed E-state index contributed by atoms with van der Waals surface area (Å²) < 4.78 is 72.3. The lowest BCUT2D eigenvalue weighted by Gasteiger charge is -2.39. The Morgan fingerprint density at radius 1 is 0.330 bits per heavy atom. The summed E-state index contributed by atoms with van der Waals surface area (Å²) in [4.78, 5) is 7.97. The molecule has 0 fully saturated rings. The number of nitrogens with zero attached hydrogens (tertiary/aromatic N) is 4. The fourth-order valence-corrected chi connectivity index (χ4v) is 23.5. The molecule has 0 aliphatic carbocycles. The van der Waals surface area contributed by atoms with Crippen LogP contribution >= 0.6 is 68.8 Å². The first-order chi connectivity index (χ1) is 50.7.